The standard InChI is InChI=1S/C51H90O6/c1-4-7-10-13-16-19-22-23-24-25-26-27-28-29-30-33-35-38-41-44-50(53)56-47-48(57-51(54)45-42-39-36-32-21-18-15-12-9-6-3)46-55-49(52)43-40-37-34-31-20-17-14-11-8-5-2/h11-12,14-16,19,23-24,48H,4-10,13,17-18,20-22,25-47H2,1-3H3/b14-11-,15-12-,19-16-,24-23-. The summed E-state index contributed by atoms with van der Waals surface area (Å²) in [4.78, 5) is 37.7. The molecule has 0 fully saturated rings. The van der Waals surface area contributed by atoms with Gasteiger partial charge in [-0.1, -0.05) is 179 Å². The van der Waals surface area contributed by atoms with Gasteiger partial charge in [0.05, 0.1) is 0 Å². The molecule has 6 nitrogen and oxygen atoms in total. The third kappa shape index (κ3) is 44.3. The van der Waals surface area contributed by atoms with Crippen LogP contribution in [0.3, 0.4) is 0 Å². The predicted octanol–water partition coefficient (Wildman–Crippen LogP) is 15.5. The zero-order valence-electron chi connectivity index (χ0n) is 37.6. The van der Waals surface area contributed by atoms with Crippen LogP contribution in [0.5, 0.6) is 0 Å². The van der Waals surface area contributed by atoms with Crippen LogP contribution < -0.4 is 0 Å². The van der Waals surface area contributed by atoms with Crippen LogP contribution in [0.4, 0.5) is 0 Å². The van der Waals surface area contributed by atoms with Gasteiger partial charge in [-0.3, -0.25) is 14.4 Å². The van der Waals surface area contributed by atoms with E-state index >= 15 is 0 Å². The van der Waals surface area contributed by atoms with E-state index in [4.69, 9.17) is 14.2 Å². The molecule has 0 aliphatic heterocycles. The summed E-state index contributed by atoms with van der Waals surface area (Å²) in [5.74, 6) is -0.907. The summed E-state index contributed by atoms with van der Waals surface area (Å²) in [6, 6.07) is 0. The second-order valence-corrected chi connectivity index (χ2v) is 16.0. The van der Waals surface area contributed by atoms with Crippen LogP contribution in [-0.2, 0) is 28.6 Å². The molecule has 0 spiro atoms. The van der Waals surface area contributed by atoms with E-state index < -0.39 is 6.10 Å². The van der Waals surface area contributed by atoms with Crippen LogP contribution in [0, 0.1) is 0 Å². The fourth-order valence-corrected chi connectivity index (χ4v) is 6.59. The highest BCUT2D eigenvalue weighted by molar-refractivity contribution is 5.71. The van der Waals surface area contributed by atoms with E-state index in [1.807, 2.05) is 0 Å². The van der Waals surface area contributed by atoms with Crippen molar-refractivity contribution in [3.05, 3.63) is 48.6 Å². The van der Waals surface area contributed by atoms with Crippen LogP contribution in [0.1, 0.15) is 239 Å². The summed E-state index contributed by atoms with van der Waals surface area (Å²) in [7, 11) is 0. The number of hydrogen-bond acceptors (Lipinski definition) is 6. The van der Waals surface area contributed by atoms with Gasteiger partial charge in [-0.05, 0) is 89.9 Å². The molecule has 1 atom stereocenters. The number of ether oxygens (including phenoxy) is 3. The first-order valence-corrected chi connectivity index (χ1v) is 24.1. The van der Waals surface area contributed by atoms with E-state index in [1.165, 1.54) is 103 Å². The molecule has 0 saturated heterocycles. The topological polar surface area (TPSA) is 78.9 Å². The molecule has 0 aliphatic rings. The molecule has 1 unspecified atom stereocenters. The summed E-state index contributed by atoms with van der Waals surface area (Å²) in [5.41, 5.74) is 0. The number of allylic oxidation sites excluding steroid dienone is 8. The van der Waals surface area contributed by atoms with E-state index in [1.54, 1.807) is 0 Å². The Morgan fingerprint density at radius 3 is 1.05 bits per heavy atom. The molecule has 0 heterocycles. The predicted molar refractivity (Wildman–Crippen MR) is 242 cm³/mol. The molecule has 0 N–H and O–H groups in total. The largest absolute Gasteiger partial charge is 0.462 e. The molecule has 6 heteroatoms. The van der Waals surface area contributed by atoms with Gasteiger partial charge >= 0.3 is 17.9 Å². The molecule has 0 bridgehead atoms. The van der Waals surface area contributed by atoms with Crippen LogP contribution in [0.25, 0.3) is 0 Å². The first-order valence-electron chi connectivity index (χ1n) is 24.1. The molecule has 0 rings (SSSR count). The maximum atomic E-state index is 12.7. The average Bonchev–Trinajstić information content (AvgIpc) is 3.21. The minimum absolute atomic E-state index is 0.0813. The number of hydrogen-bond donors (Lipinski definition) is 0. The van der Waals surface area contributed by atoms with Gasteiger partial charge in [0.1, 0.15) is 13.2 Å². The van der Waals surface area contributed by atoms with Crippen molar-refractivity contribution < 1.29 is 28.6 Å². The monoisotopic (exact) mass is 799 g/mol. The Morgan fingerprint density at radius 2 is 0.667 bits per heavy atom. The fourth-order valence-electron chi connectivity index (χ4n) is 6.59. The highest BCUT2D eigenvalue weighted by atomic mass is 16.6. The summed E-state index contributed by atoms with van der Waals surface area (Å²) in [5, 5.41) is 0. The smallest absolute Gasteiger partial charge is 0.306 e. The van der Waals surface area contributed by atoms with E-state index in [-0.39, 0.29) is 31.1 Å². The minimum Gasteiger partial charge on any atom is -0.462 e. The van der Waals surface area contributed by atoms with Gasteiger partial charge in [0, 0.05) is 19.3 Å². The Hall–Kier alpha value is -2.63. The van der Waals surface area contributed by atoms with Crippen molar-refractivity contribution in [1.82, 2.24) is 0 Å². The van der Waals surface area contributed by atoms with Crippen molar-refractivity contribution in [2.24, 2.45) is 0 Å². The van der Waals surface area contributed by atoms with Crippen LogP contribution in [0.15, 0.2) is 48.6 Å². The summed E-state index contributed by atoms with van der Waals surface area (Å²) < 4.78 is 16.7. The van der Waals surface area contributed by atoms with Gasteiger partial charge < -0.3 is 14.2 Å². The van der Waals surface area contributed by atoms with Crippen molar-refractivity contribution >= 4 is 17.9 Å². The summed E-state index contributed by atoms with van der Waals surface area (Å²) in [6.45, 7) is 6.47. The highest BCUT2D eigenvalue weighted by Gasteiger charge is 2.19. The van der Waals surface area contributed by atoms with Crippen molar-refractivity contribution in [2.75, 3.05) is 13.2 Å². The highest BCUT2D eigenvalue weighted by Crippen LogP contribution is 2.14. The average molecular weight is 799 g/mol. The lowest BCUT2D eigenvalue weighted by Crippen LogP contribution is -2.30. The number of unbranched alkanes of at least 4 members (excludes halogenated alkanes) is 24. The molecule has 0 aromatic carbocycles. The Bertz CT molecular complexity index is 1010. The van der Waals surface area contributed by atoms with E-state index in [0.29, 0.717) is 19.3 Å². The van der Waals surface area contributed by atoms with Crippen molar-refractivity contribution in [3.8, 4) is 0 Å². The zero-order valence-corrected chi connectivity index (χ0v) is 37.6. The lowest BCUT2D eigenvalue weighted by molar-refractivity contribution is -0.167. The molecule has 0 amide bonds. The second-order valence-electron chi connectivity index (χ2n) is 16.0. The first kappa shape index (κ1) is 54.4. The molecule has 330 valence electrons. The van der Waals surface area contributed by atoms with Crippen LogP contribution in [0.2, 0.25) is 0 Å². The molecular weight excluding hydrogens is 709 g/mol. The van der Waals surface area contributed by atoms with Gasteiger partial charge in [-0.2, -0.15) is 0 Å². The third-order valence-corrected chi connectivity index (χ3v) is 10.2. The van der Waals surface area contributed by atoms with Gasteiger partial charge in [0.25, 0.3) is 0 Å². The van der Waals surface area contributed by atoms with E-state index in [9.17, 15) is 14.4 Å². The Balaban J connectivity index is 4.28. The fraction of sp³-hybridized carbons (Fsp3) is 0.784. The quantitative estimate of drug-likeness (QED) is 0.0265. The molecule has 0 saturated carbocycles. The van der Waals surface area contributed by atoms with E-state index in [2.05, 4.69) is 69.4 Å². The molecule has 0 aromatic rings. The normalized spacial score (nSPS) is 12.4. The summed E-state index contributed by atoms with van der Waals surface area (Å²) in [6.07, 6.45) is 53.9. The van der Waals surface area contributed by atoms with Crippen molar-refractivity contribution in [3.63, 3.8) is 0 Å². The summed E-state index contributed by atoms with van der Waals surface area (Å²) >= 11 is 0. The zero-order chi connectivity index (χ0) is 41.5. The van der Waals surface area contributed by atoms with Crippen molar-refractivity contribution in [2.45, 2.75) is 245 Å². The maximum Gasteiger partial charge on any atom is 0.306 e. The lowest BCUT2D eigenvalue weighted by Gasteiger charge is -2.18. The minimum atomic E-state index is -0.778. The molecule has 0 aliphatic carbocycles. The van der Waals surface area contributed by atoms with Crippen molar-refractivity contribution in [1.29, 1.82) is 0 Å². The Labute approximate surface area is 352 Å². The Morgan fingerprint density at radius 1 is 0.351 bits per heavy atom. The third-order valence-electron chi connectivity index (χ3n) is 10.2. The molecule has 0 aromatic heterocycles. The van der Waals surface area contributed by atoms with Gasteiger partial charge in [-0.15, -0.1) is 0 Å². The molecule has 0 radical (unpaired) electrons. The molecular formula is C51H90O6. The SMILES string of the molecule is CCC/C=C\CCCCCCCC(=O)OCC(COC(=O)CCCCCCCCCCC/C=C\C/C=C\CCCCC)OC(=O)CCCCCCC/C=C\CCC. The van der Waals surface area contributed by atoms with E-state index in [0.717, 1.165) is 96.3 Å². The lowest BCUT2D eigenvalue weighted by atomic mass is 10.1. The first-order chi connectivity index (χ1) is 28.0. The van der Waals surface area contributed by atoms with Gasteiger partial charge in [0.2, 0.25) is 0 Å². The van der Waals surface area contributed by atoms with Crippen LogP contribution in [-0.4, -0.2) is 37.2 Å². The Kier molecular flexibility index (Phi) is 43.9. The van der Waals surface area contributed by atoms with Crippen LogP contribution >= 0.6 is 0 Å². The maximum absolute atomic E-state index is 12.7. The van der Waals surface area contributed by atoms with Gasteiger partial charge in [-0.25, -0.2) is 0 Å². The van der Waals surface area contributed by atoms with Gasteiger partial charge in [0.15, 0.2) is 6.10 Å². The number of rotatable bonds is 43. The molecule has 57 heavy (non-hydrogen) atoms. The number of carbonyl (C=O) groups excluding carboxylic acids is 3. The number of esters is 3. The second kappa shape index (κ2) is 46.1. The number of carbonyl (C=O) groups is 3.